The second-order valence-corrected chi connectivity index (χ2v) is 8.42. The fraction of sp³-hybridized carbons (Fsp3) is 0.400. The lowest BCUT2D eigenvalue weighted by atomic mass is 10.1. The van der Waals surface area contributed by atoms with E-state index in [1.807, 2.05) is 0 Å². The summed E-state index contributed by atoms with van der Waals surface area (Å²) in [6.45, 7) is 4.01. The van der Waals surface area contributed by atoms with Crippen LogP contribution in [0.1, 0.15) is 31.3 Å². The van der Waals surface area contributed by atoms with Crippen LogP contribution in [-0.2, 0) is 28.6 Å². The number of aromatic hydroxyl groups is 1. The van der Waals surface area contributed by atoms with Crippen LogP contribution < -0.4 is 14.8 Å². The Balaban J connectivity index is 1.87. The summed E-state index contributed by atoms with van der Waals surface area (Å²) in [5, 5.41) is 12.5. The van der Waals surface area contributed by atoms with E-state index in [0.717, 1.165) is 0 Å². The minimum absolute atomic E-state index is 0.00652. The van der Waals surface area contributed by atoms with Crippen LogP contribution in [0.5, 0.6) is 17.2 Å². The highest BCUT2D eigenvalue weighted by molar-refractivity contribution is 5.98. The molecule has 12 heteroatoms. The molecule has 1 aliphatic heterocycles. The van der Waals surface area contributed by atoms with Gasteiger partial charge in [-0.1, -0.05) is 32.0 Å². The number of aromatic nitrogens is 1. The first kappa shape index (κ1) is 27.2. The van der Waals surface area contributed by atoms with Crippen molar-refractivity contribution in [1.29, 1.82) is 0 Å². The van der Waals surface area contributed by atoms with Crippen LogP contribution in [0, 0.1) is 5.92 Å². The van der Waals surface area contributed by atoms with Gasteiger partial charge in [-0.05, 0) is 19.1 Å². The standard InChI is InChI=1S/C25H28N2O10/c1-13(2)23(30)37-20-14(3)35-24(31)16(27-22(29)18-19(28)17(33-4)10-11-26-18)12-34-25(32)21(20)36-15-8-6-5-7-9-15/h5-11,13-14,16,20-21,28H,12H2,1-4H3,(H,27,29)/t14-,16-,20-,21+/m0/s1. The molecule has 1 aromatic carbocycles. The van der Waals surface area contributed by atoms with Crippen molar-refractivity contribution in [1.82, 2.24) is 10.3 Å². The Morgan fingerprint density at radius 2 is 1.84 bits per heavy atom. The molecule has 1 amide bonds. The van der Waals surface area contributed by atoms with Crippen molar-refractivity contribution >= 4 is 23.8 Å². The highest BCUT2D eigenvalue weighted by Gasteiger charge is 2.44. The molecule has 12 nitrogen and oxygen atoms in total. The minimum atomic E-state index is -1.48. The predicted molar refractivity (Wildman–Crippen MR) is 126 cm³/mol. The highest BCUT2D eigenvalue weighted by Crippen LogP contribution is 2.27. The third kappa shape index (κ3) is 6.66. The lowest BCUT2D eigenvalue weighted by Crippen LogP contribution is -2.49. The number of rotatable bonds is 7. The van der Waals surface area contributed by atoms with Gasteiger partial charge in [0, 0.05) is 12.3 Å². The van der Waals surface area contributed by atoms with E-state index < -0.39 is 72.1 Å². The molecule has 1 aromatic heterocycles. The number of esters is 3. The molecule has 2 heterocycles. The van der Waals surface area contributed by atoms with E-state index in [2.05, 4.69) is 10.3 Å². The Labute approximate surface area is 212 Å². The zero-order valence-electron chi connectivity index (χ0n) is 20.7. The summed E-state index contributed by atoms with van der Waals surface area (Å²) in [7, 11) is 1.30. The van der Waals surface area contributed by atoms with Gasteiger partial charge in [0.2, 0.25) is 6.10 Å². The first-order chi connectivity index (χ1) is 17.6. The number of carbonyl (C=O) groups excluding carboxylic acids is 4. The summed E-state index contributed by atoms with van der Waals surface area (Å²) >= 11 is 0. The Morgan fingerprint density at radius 3 is 2.49 bits per heavy atom. The number of pyridine rings is 1. The number of carbonyl (C=O) groups is 4. The minimum Gasteiger partial charge on any atom is -0.503 e. The van der Waals surface area contributed by atoms with Crippen LogP contribution in [0.25, 0.3) is 0 Å². The maximum Gasteiger partial charge on any atom is 0.351 e. The van der Waals surface area contributed by atoms with Crippen LogP contribution >= 0.6 is 0 Å². The van der Waals surface area contributed by atoms with E-state index in [4.69, 9.17) is 23.7 Å². The van der Waals surface area contributed by atoms with Crippen molar-refractivity contribution in [3.8, 4) is 17.2 Å². The molecule has 4 atom stereocenters. The maximum absolute atomic E-state index is 13.1. The number of ether oxygens (including phenoxy) is 5. The second kappa shape index (κ2) is 12.1. The molecule has 2 aromatic rings. The van der Waals surface area contributed by atoms with Gasteiger partial charge in [-0.2, -0.15) is 0 Å². The smallest absolute Gasteiger partial charge is 0.351 e. The van der Waals surface area contributed by atoms with Gasteiger partial charge in [-0.3, -0.25) is 9.59 Å². The number of methoxy groups -OCH3 is 1. The van der Waals surface area contributed by atoms with Crippen LogP contribution in [0.4, 0.5) is 0 Å². The third-order valence-electron chi connectivity index (χ3n) is 5.33. The average molecular weight is 517 g/mol. The fourth-order valence-corrected chi connectivity index (χ4v) is 3.31. The Kier molecular flexibility index (Phi) is 8.88. The van der Waals surface area contributed by atoms with E-state index in [1.54, 1.807) is 44.2 Å². The fourth-order valence-electron chi connectivity index (χ4n) is 3.31. The quantitative estimate of drug-likeness (QED) is 0.404. The summed E-state index contributed by atoms with van der Waals surface area (Å²) in [6.07, 6.45) is -2.77. The highest BCUT2D eigenvalue weighted by atomic mass is 16.6. The summed E-state index contributed by atoms with van der Waals surface area (Å²) in [5.74, 6) is -4.31. The van der Waals surface area contributed by atoms with Crippen LogP contribution in [-0.4, -0.2) is 72.0 Å². The molecule has 37 heavy (non-hydrogen) atoms. The average Bonchev–Trinajstić information content (AvgIpc) is 2.91. The number of amides is 1. The summed E-state index contributed by atoms with van der Waals surface area (Å²) < 4.78 is 27.0. The van der Waals surface area contributed by atoms with Crippen molar-refractivity contribution < 1.29 is 48.0 Å². The zero-order chi connectivity index (χ0) is 27.1. The summed E-state index contributed by atoms with van der Waals surface area (Å²) in [4.78, 5) is 55.0. The van der Waals surface area contributed by atoms with Crippen LogP contribution in [0.15, 0.2) is 42.6 Å². The number of hydrogen-bond acceptors (Lipinski definition) is 11. The number of hydrogen-bond donors (Lipinski definition) is 2. The van der Waals surface area contributed by atoms with Crippen molar-refractivity contribution in [3.63, 3.8) is 0 Å². The van der Waals surface area contributed by atoms with E-state index in [-0.39, 0.29) is 11.5 Å². The van der Waals surface area contributed by atoms with Gasteiger partial charge >= 0.3 is 17.9 Å². The normalized spacial score (nSPS) is 22.0. The van der Waals surface area contributed by atoms with Crippen molar-refractivity contribution in [2.45, 2.75) is 45.1 Å². The van der Waals surface area contributed by atoms with Crippen LogP contribution in [0.2, 0.25) is 0 Å². The van der Waals surface area contributed by atoms with Crippen molar-refractivity contribution in [2.75, 3.05) is 13.7 Å². The van der Waals surface area contributed by atoms with Gasteiger partial charge in [0.1, 0.15) is 18.5 Å². The molecule has 0 spiro atoms. The molecule has 1 fully saturated rings. The first-order valence-corrected chi connectivity index (χ1v) is 11.4. The predicted octanol–water partition coefficient (Wildman–Crippen LogP) is 1.40. The van der Waals surface area contributed by atoms with Gasteiger partial charge in [0.15, 0.2) is 29.3 Å². The Bertz CT molecular complexity index is 1140. The molecule has 0 aliphatic carbocycles. The lowest BCUT2D eigenvalue weighted by molar-refractivity contribution is -0.180. The molecule has 3 rings (SSSR count). The van der Waals surface area contributed by atoms with Gasteiger partial charge in [0.05, 0.1) is 13.0 Å². The molecule has 0 radical (unpaired) electrons. The largest absolute Gasteiger partial charge is 0.503 e. The van der Waals surface area contributed by atoms with Gasteiger partial charge in [-0.15, -0.1) is 0 Å². The molecule has 0 unspecified atom stereocenters. The zero-order valence-corrected chi connectivity index (χ0v) is 20.7. The molecule has 198 valence electrons. The first-order valence-electron chi connectivity index (χ1n) is 11.4. The van der Waals surface area contributed by atoms with E-state index in [9.17, 15) is 24.3 Å². The number of para-hydroxylation sites is 1. The second-order valence-electron chi connectivity index (χ2n) is 8.42. The molecule has 1 aliphatic rings. The monoisotopic (exact) mass is 516 g/mol. The van der Waals surface area contributed by atoms with Gasteiger partial charge < -0.3 is 34.1 Å². The third-order valence-corrected chi connectivity index (χ3v) is 5.33. The molecular weight excluding hydrogens is 488 g/mol. The van der Waals surface area contributed by atoms with Crippen LogP contribution in [0.3, 0.4) is 0 Å². The molecule has 0 saturated carbocycles. The van der Waals surface area contributed by atoms with E-state index in [1.165, 1.54) is 26.3 Å². The summed E-state index contributed by atoms with van der Waals surface area (Å²) in [6, 6.07) is 8.17. The topological polar surface area (TPSA) is 160 Å². The van der Waals surface area contributed by atoms with Gasteiger partial charge in [-0.25, -0.2) is 14.6 Å². The van der Waals surface area contributed by atoms with E-state index in [0.29, 0.717) is 0 Å². The maximum atomic E-state index is 13.1. The number of nitrogens with zero attached hydrogens (tertiary/aromatic N) is 1. The molecule has 2 N–H and O–H groups in total. The number of cyclic esters (lactones) is 2. The number of benzene rings is 1. The SMILES string of the molecule is COc1ccnc(C(=O)N[C@H]2COC(=O)[C@H](Oc3ccccc3)[C@@H](OC(=O)C(C)C)[C@H](C)OC2=O)c1O. The van der Waals surface area contributed by atoms with Crippen molar-refractivity contribution in [3.05, 3.63) is 48.3 Å². The summed E-state index contributed by atoms with van der Waals surface area (Å²) in [5.41, 5.74) is -0.416. The molecule has 1 saturated heterocycles. The number of nitrogens with one attached hydrogen (secondary N) is 1. The van der Waals surface area contributed by atoms with Crippen molar-refractivity contribution in [2.24, 2.45) is 5.92 Å². The Morgan fingerprint density at radius 1 is 1.14 bits per heavy atom. The molecule has 0 bridgehead atoms. The lowest BCUT2D eigenvalue weighted by Gasteiger charge is -2.29. The Hall–Kier alpha value is -4.35. The molecular formula is C25H28N2O10. The van der Waals surface area contributed by atoms with E-state index >= 15 is 0 Å². The van der Waals surface area contributed by atoms with Gasteiger partial charge in [0.25, 0.3) is 5.91 Å².